The largest absolute Gasteiger partial charge is 0.390 e. The average molecular weight is 430 g/mol. The van der Waals surface area contributed by atoms with Crippen molar-refractivity contribution in [2.24, 2.45) is 11.1 Å². The molecule has 32 heavy (non-hydrogen) atoms. The molecule has 0 amide bonds. The molecule has 1 atom stereocenters. The first-order valence-electron chi connectivity index (χ1n) is 10.9. The Balaban J connectivity index is 1.31. The number of piperidine rings is 1. The lowest BCUT2D eigenvalue weighted by Gasteiger charge is -2.42. The summed E-state index contributed by atoms with van der Waals surface area (Å²) in [7, 11) is 0. The number of nitrogen functional groups attached to an aromatic ring is 1. The Morgan fingerprint density at radius 2 is 1.84 bits per heavy atom. The monoisotopic (exact) mass is 429 g/mol. The van der Waals surface area contributed by atoms with E-state index in [-0.39, 0.29) is 24.0 Å². The number of hydrogen-bond donors (Lipinski definition) is 3. The summed E-state index contributed by atoms with van der Waals surface area (Å²) in [4.78, 5) is 19.5. The van der Waals surface area contributed by atoms with Crippen LogP contribution < -0.4 is 16.4 Å². The van der Waals surface area contributed by atoms with Gasteiger partial charge >= 0.3 is 0 Å². The van der Waals surface area contributed by atoms with Crippen LogP contribution >= 0.6 is 0 Å². The van der Waals surface area contributed by atoms with Gasteiger partial charge in [-0.3, -0.25) is 0 Å². The van der Waals surface area contributed by atoms with Crippen LogP contribution in [0, 0.1) is 5.41 Å². The molecule has 0 saturated carbocycles. The molecule has 2 aromatic heterocycles. The summed E-state index contributed by atoms with van der Waals surface area (Å²) in [5.74, 6) is 0.965. The third kappa shape index (κ3) is 3.72. The summed E-state index contributed by atoms with van der Waals surface area (Å²) >= 11 is 0. The van der Waals surface area contributed by atoms with Crippen molar-refractivity contribution in [2.75, 3.05) is 23.7 Å². The SMILES string of the molecule is Nc1nccc(/C=C/c2cnc(N3CCC4(CC3)Cc3ccccc3[C@H]4N)c(CO)n2)n1. The maximum absolute atomic E-state index is 9.95. The van der Waals surface area contributed by atoms with Crippen LogP contribution in [0.3, 0.4) is 0 Å². The van der Waals surface area contributed by atoms with Crippen molar-refractivity contribution in [3.63, 3.8) is 0 Å². The predicted molar refractivity (Wildman–Crippen MR) is 124 cm³/mol. The third-order valence-corrected chi connectivity index (χ3v) is 6.76. The van der Waals surface area contributed by atoms with E-state index in [1.807, 2.05) is 0 Å². The normalized spacial score (nSPS) is 19.6. The maximum Gasteiger partial charge on any atom is 0.220 e. The number of nitrogens with two attached hydrogens (primary N) is 2. The minimum atomic E-state index is -0.170. The van der Waals surface area contributed by atoms with Crippen LogP contribution in [0.15, 0.2) is 42.7 Å². The summed E-state index contributed by atoms with van der Waals surface area (Å²) in [6, 6.07) is 10.4. The first-order valence-corrected chi connectivity index (χ1v) is 10.9. The van der Waals surface area contributed by atoms with Crippen LogP contribution in [-0.4, -0.2) is 38.1 Å². The van der Waals surface area contributed by atoms with E-state index in [0.717, 1.165) is 38.2 Å². The Morgan fingerprint density at radius 1 is 1.06 bits per heavy atom. The van der Waals surface area contributed by atoms with Crippen molar-refractivity contribution < 1.29 is 5.11 Å². The van der Waals surface area contributed by atoms with E-state index in [9.17, 15) is 5.11 Å². The molecule has 1 spiro atoms. The van der Waals surface area contributed by atoms with Gasteiger partial charge in [0.1, 0.15) is 5.69 Å². The smallest absolute Gasteiger partial charge is 0.220 e. The molecule has 1 aliphatic carbocycles. The van der Waals surface area contributed by atoms with Gasteiger partial charge in [-0.2, -0.15) is 0 Å². The second-order valence-corrected chi connectivity index (χ2v) is 8.60. The summed E-state index contributed by atoms with van der Waals surface area (Å²) in [6.45, 7) is 1.52. The highest BCUT2D eigenvalue weighted by Crippen LogP contribution is 2.50. The highest BCUT2D eigenvalue weighted by Gasteiger charge is 2.46. The minimum Gasteiger partial charge on any atom is -0.390 e. The zero-order chi connectivity index (χ0) is 22.1. The number of aromatic nitrogens is 4. The summed E-state index contributed by atoms with van der Waals surface area (Å²) in [5.41, 5.74) is 17.0. The molecular formula is C24H27N7O. The Bertz CT molecular complexity index is 1150. The molecule has 1 fully saturated rings. The Labute approximate surface area is 187 Å². The Hall–Kier alpha value is -3.36. The van der Waals surface area contributed by atoms with E-state index >= 15 is 0 Å². The van der Waals surface area contributed by atoms with Crippen molar-refractivity contribution in [3.8, 4) is 0 Å². The van der Waals surface area contributed by atoms with Gasteiger partial charge in [0.2, 0.25) is 5.95 Å². The van der Waals surface area contributed by atoms with E-state index in [1.54, 1.807) is 30.6 Å². The fraction of sp³-hybridized carbons (Fsp3) is 0.333. The van der Waals surface area contributed by atoms with E-state index in [1.165, 1.54) is 11.1 Å². The van der Waals surface area contributed by atoms with Crippen LogP contribution in [0.2, 0.25) is 0 Å². The molecule has 8 heteroatoms. The van der Waals surface area contributed by atoms with Gasteiger partial charge in [0.25, 0.3) is 0 Å². The van der Waals surface area contributed by atoms with Gasteiger partial charge in [-0.05, 0) is 54.0 Å². The number of rotatable bonds is 4. The molecular weight excluding hydrogens is 402 g/mol. The molecule has 5 rings (SSSR count). The fourth-order valence-electron chi connectivity index (χ4n) is 5.01. The minimum absolute atomic E-state index is 0.0765. The molecule has 1 saturated heterocycles. The van der Waals surface area contributed by atoms with Crippen LogP contribution in [0.5, 0.6) is 0 Å². The molecule has 1 aliphatic heterocycles. The zero-order valence-corrected chi connectivity index (χ0v) is 17.9. The lowest BCUT2D eigenvalue weighted by molar-refractivity contribution is 0.186. The number of nitrogens with zero attached hydrogens (tertiary/aromatic N) is 5. The molecule has 2 aliphatic rings. The number of benzene rings is 1. The predicted octanol–water partition coefficient (Wildman–Crippen LogP) is 2.35. The van der Waals surface area contributed by atoms with Crippen molar-refractivity contribution in [1.29, 1.82) is 0 Å². The molecule has 5 N–H and O–H groups in total. The van der Waals surface area contributed by atoms with E-state index in [4.69, 9.17) is 11.5 Å². The van der Waals surface area contributed by atoms with E-state index in [2.05, 4.69) is 49.1 Å². The van der Waals surface area contributed by atoms with Crippen molar-refractivity contribution in [3.05, 3.63) is 70.9 Å². The molecule has 0 radical (unpaired) electrons. The van der Waals surface area contributed by atoms with Gasteiger partial charge in [-0.25, -0.2) is 19.9 Å². The van der Waals surface area contributed by atoms with Gasteiger partial charge in [-0.15, -0.1) is 0 Å². The van der Waals surface area contributed by atoms with Gasteiger partial charge in [0.15, 0.2) is 5.82 Å². The molecule has 3 heterocycles. The van der Waals surface area contributed by atoms with Crippen LogP contribution in [0.25, 0.3) is 12.2 Å². The van der Waals surface area contributed by atoms with Gasteiger partial charge in [-0.1, -0.05) is 24.3 Å². The number of anilines is 2. The molecule has 0 bridgehead atoms. The van der Waals surface area contributed by atoms with Gasteiger partial charge in [0, 0.05) is 25.3 Å². The second-order valence-electron chi connectivity index (χ2n) is 8.60. The lowest BCUT2D eigenvalue weighted by Crippen LogP contribution is -2.45. The number of hydrogen-bond acceptors (Lipinski definition) is 8. The van der Waals surface area contributed by atoms with Gasteiger partial charge < -0.3 is 21.5 Å². The fourth-order valence-corrected chi connectivity index (χ4v) is 5.01. The quantitative estimate of drug-likeness (QED) is 0.577. The number of aliphatic hydroxyl groups excluding tert-OH is 1. The topological polar surface area (TPSA) is 127 Å². The van der Waals surface area contributed by atoms with E-state index < -0.39 is 0 Å². The summed E-state index contributed by atoms with van der Waals surface area (Å²) < 4.78 is 0. The number of fused-ring (bicyclic) bond motifs is 1. The summed E-state index contributed by atoms with van der Waals surface area (Å²) in [5, 5.41) is 9.95. The standard InChI is InChI=1S/C24H27N7O/c25-21-19-4-2-1-3-16(19)13-24(21)8-11-31(12-9-24)22-20(15-32)29-18(14-28-22)6-5-17-7-10-27-23(26)30-17/h1-7,10,14,21,32H,8-9,11-13,15,25H2,(H2,26,27,30)/b6-5+/t21-/m1/s1. The highest BCUT2D eigenvalue weighted by atomic mass is 16.3. The average Bonchev–Trinajstić information content (AvgIpc) is 3.09. The maximum atomic E-state index is 9.95. The van der Waals surface area contributed by atoms with Crippen molar-refractivity contribution in [1.82, 2.24) is 19.9 Å². The Kier molecular flexibility index (Phi) is 5.32. The summed E-state index contributed by atoms with van der Waals surface area (Å²) in [6.07, 6.45) is 9.95. The zero-order valence-electron chi connectivity index (χ0n) is 17.9. The second kappa shape index (κ2) is 8.29. The van der Waals surface area contributed by atoms with Crippen LogP contribution in [0.4, 0.5) is 11.8 Å². The first kappa shape index (κ1) is 20.5. The highest BCUT2D eigenvalue weighted by molar-refractivity contribution is 5.66. The molecule has 0 unspecified atom stereocenters. The third-order valence-electron chi connectivity index (χ3n) is 6.76. The van der Waals surface area contributed by atoms with E-state index in [0.29, 0.717) is 17.1 Å². The Morgan fingerprint density at radius 3 is 2.59 bits per heavy atom. The lowest BCUT2D eigenvalue weighted by atomic mass is 9.73. The van der Waals surface area contributed by atoms with Crippen LogP contribution in [0.1, 0.15) is 47.1 Å². The molecule has 8 nitrogen and oxygen atoms in total. The molecule has 164 valence electrons. The van der Waals surface area contributed by atoms with Crippen LogP contribution in [-0.2, 0) is 13.0 Å². The van der Waals surface area contributed by atoms with Crippen molar-refractivity contribution >= 4 is 23.9 Å². The van der Waals surface area contributed by atoms with Crippen molar-refractivity contribution in [2.45, 2.75) is 31.9 Å². The molecule has 3 aromatic rings. The molecule has 1 aromatic carbocycles. The first-order chi connectivity index (χ1) is 15.6. The van der Waals surface area contributed by atoms with Gasteiger partial charge in [0.05, 0.1) is 24.2 Å². The number of aliphatic hydroxyl groups is 1.